The lowest BCUT2D eigenvalue weighted by Gasteiger charge is -2.30. The summed E-state index contributed by atoms with van der Waals surface area (Å²) in [5.41, 5.74) is 6.85. The number of carbonyl (C=O) groups is 3. The Bertz CT molecular complexity index is 1760. The number of esters is 3. The number of benzene rings is 1. The highest BCUT2D eigenvalue weighted by Crippen LogP contribution is 2.51. The van der Waals surface area contributed by atoms with Crippen LogP contribution in [-0.2, 0) is 48.6 Å². The number of carbonyl (C=O) groups excluding carboxylic acids is 3. The van der Waals surface area contributed by atoms with Crippen molar-refractivity contribution in [2.24, 2.45) is 11.8 Å². The number of nitrogens with two attached hydrogens (primary N) is 1. The zero-order valence-electron chi connectivity index (χ0n) is 30.3. The lowest BCUT2D eigenvalue weighted by atomic mass is 10.1. The summed E-state index contributed by atoms with van der Waals surface area (Å²) >= 11 is 0. The number of ether oxygens (including phenoxy) is 5. The number of anilines is 1. The van der Waals surface area contributed by atoms with Crippen LogP contribution in [0.5, 0.6) is 5.88 Å². The molecule has 0 saturated carbocycles. The number of hydrogen-bond acceptors (Lipinski definition) is 14. The standard InChI is InChI=1S/C34H46FN6O10P/c1-19(2)30(42)49-26-27(50-31(43)20(3)4)34(35,51-29(26)41-15-25(38-18-41)24-14-37-33(36)39-28(24)46-8)17-47-52(45,16-23-12-10-9-11-13-23)40-22(7)32(44)48-21(5)6/h9-15,18-22,26-27,29H,16-17H2,1-8H3,(H,40,45)(H2,36,37,39)/t22-,26-,27?,29+,34+,52+/m0/s1. The van der Waals surface area contributed by atoms with Crippen molar-refractivity contribution in [2.45, 2.75) is 91.1 Å². The van der Waals surface area contributed by atoms with Crippen LogP contribution in [0.15, 0.2) is 49.1 Å². The van der Waals surface area contributed by atoms with Gasteiger partial charge >= 0.3 is 17.9 Å². The fraction of sp³-hybridized carbons (Fsp3) is 0.529. The molecule has 2 aromatic heterocycles. The Labute approximate surface area is 301 Å². The van der Waals surface area contributed by atoms with E-state index in [-0.39, 0.29) is 23.7 Å². The first-order chi connectivity index (χ1) is 24.4. The van der Waals surface area contributed by atoms with E-state index in [9.17, 15) is 18.9 Å². The summed E-state index contributed by atoms with van der Waals surface area (Å²) in [4.78, 5) is 51.2. The molecule has 18 heteroatoms. The van der Waals surface area contributed by atoms with Gasteiger partial charge in [0, 0.05) is 12.4 Å². The molecule has 0 bridgehead atoms. The van der Waals surface area contributed by atoms with E-state index in [1.807, 2.05) is 0 Å². The molecule has 1 aliphatic heterocycles. The van der Waals surface area contributed by atoms with Gasteiger partial charge in [0.15, 0.2) is 12.3 Å². The Morgan fingerprint density at radius 1 is 1.02 bits per heavy atom. The van der Waals surface area contributed by atoms with E-state index in [4.69, 9.17) is 33.9 Å². The van der Waals surface area contributed by atoms with Gasteiger partial charge in [0.2, 0.25) is 17.9 Å². The van der Waals surface area contributed by atoms with Crippen LogP contribution in [0.1, 0.15) is 60.3 Å². The summed E-state index contributed by atoms with van der Waals surface area (Å²) in [7, 11) is -2.77. The minimum Gasteiger partial charge on any atom is -0.480 e. The average Bonchev–Trinajstić information content (AvgIpc) is 3.67. The second-order valence-electron chi connectivity index (χ2n) is 13.1. The Hall–Kier alpha value is -4.44. The van der Waals surface area contributed by atoms with Gasteiger partial charge in [-0.25, -0.2) is 19.4 Å². The second-order valence-corrected chi connectivity index (χ2v) is 15.3. The predicted octanol–water partition coefficient (Wildman–Crippen LogP) is 4.60. The van der Waals surface area contributed by atoms with Crippen molar-refractivity contribution in [2.75, 3.05) is 19.5 Å². The van der Waals surface area contributed by atoms with Gasteiger partial charge in [-0.1, -0.05) is 58.0 Å². The molecule has 3 heterocycles. The Kier molecular flexibility index (Phi) is 13.1. The molecule has 1 unspecified atom stereocenters. The molecular formula is C34H46FN6O10P. The maximum atomic E-state index is 17.5. The Morgan fingerprint density at radius 3 is 2.29 bits per heavy atom. The van der Waals surface area contributed by atoms with E-state index in [1.54, 1.807) is 71.9 Å². The molecule has 52 heavy (non-hydrogen) atoms. The van der Waals surface area contributed by atoms with Gasteiger partial charge in [-0.05, 0) is 26.3 Å². The highest BCUT2D eigenvalue weighted by molar-refractivity contribution is 7.56. The minimum absolute atomic E-state index is 0.0397. The summed E-state index contributed by atoms with van der Waals surface area (Å²) in [5.74, 6) is -6.64. The smallest absolute Gasteiger partial charge is 0.323 e. The SMILES string of the molecule is COc1nc(N)ncc1-c1cn([C@@H]2O[C@](F)(CO[P@](=O)(Cc3ccccc3)N[C@@H](C)C(=O)OC(C)C)C(OC(=O)C(C)C)[C@@H]2OC(=O)C(C)C)cn1. The zero-order valence-corrected chi connectivity index (χ0v) is 31.2. The molecule has 4 rings (SSSR count). The van der Waals surface area contributed by atoms with Crippen LogP contribution < -0.4 is 15.6 Å². The molecule has 1 saturated heterocycles. The quantitative estimate of drug-likeness (QED) is 0.117. The first-order valence-electron chi connectivity index (χ1n) is 16.7. The van der Waals surface area contributed by atoms with Crippen molar-refractivity contribution >= 4 is 31.4 Å². The molecule has 16 nitrogen and oxygen atoms in total. The predicted molar refractivity (Wildman–Crippen MR) is 185 cm³/mol. The summed E-state index contributed by atoms with van der Waals surface area (Å²) in [6, 6.07) is 7.45. The van der Waals surface area contributed by atoms with Crippen LogP contribution in [0.4, 0.5) is 10.3 Å². The number of methoxy groups -OCH3 is 1. The average molecular weight is 749 g/mol. The summed E-state index contributed by atoms with van der Waals surface area (Å²) < 4.78 is 67.1. The fourth-order valence-electron chi connectivity index (χ4n) is 5.03. The third-order valence-corrected chi connectivity index (χ3v) is 9.80. The van der Waals surface area contributed by atoms with E-state index < -0.39 is 80.3 Å². The monoisotopic (exact) mass is 748 g/mol. The maximum Gasteiger partial charge on any atom is 0.323 e. The van der Waals surface area contributed by atoms with Gasteiger partial charge in [-0.3, -0.25) is 18.9 Å². The van der Waals surface area contributed by atoms with Crippen LogP contribution in [0.25, 0.3) is 11.3 Å². The third kappa shape index (κ3) is 9.91. The lowest BCUT2D eigenvalue weighted by molar-refractivity contribution is -0.215. The molecule has 0 spiro atoms. The van der Waals surface area contributed by atoms with E-state index in [2.05, 4.69) is 20.0 Å². The molecule has 1 aromatic carbocycles. The molecule has 0 aliphatic carbocycles. The van der Waals surface area contributed by atoms with Gasteiger partial charge in [-0.15, -0.1) is 0 Å². The summed E-state index contributed by atoms with van der Waals surface area (Å²) in [6.45, 7) is 9.92. The number of rotatable bonds is 16. The molecule has 3 N–H and O–H groups in total. The minimum atomic E-state index is -4.15. The first kappa shape index (κ1) is 40.3. The lowest BCUT2D eigenvalue weighted by Crippen LogP contribution is -2.48. The molecule has 0 radical (unpaired) electrons. The number of imidazole rings is 1. The van der Waals surface area contributed by atoms with Crippen LogP contribution in [0, 0.1) is 11.8 Å². The Morgan fingerprint density at radius 2 is 1.67 bits per heavy atom. The highest BCUT2D eigenvalue weighted by Gasteiger charge is 2.62. The highest BCUT2D eigenvalue weighted by atomic mass is 31.2. The van der Waals surface area contributed by atoms with Gasteiger partial charge in [0.1, 0.15) is 12.6 Å². The Balaban J connectivity index is 1.75. The summed E-state index contributed by atoms with van der Waals surface area (Å²) in [6.07, 6.45) is -1.59. The number of alkyl halides is 1. The summed E-state index contributed by atoms with van der Waals surface area (Å²) in [5, 5.41) is 2.70. The van der Waals surface area contributed by atoms with E-state index in [0.717, 1.165) is 0 Å². The van der Waals surface area contributed by atoms with Crippen LogP contribution in [-0.4, -0.2) is 81.4 Å². The normalized spacial score (nSPS) is 21.9. The van der Waals surface area contributed by atoms with Crippen LogP contribution >= 0.6 is 7.52 Å². The van der Waals surface area contributed by atoms with Gasteiger partial charge in [0.25, 0.3) is 13.4 Å². The molecule has 1 aliphatic rings. The van der Waals surface area contributed by atoms with Crippen molar-refractivity contribution in [1.82, 2.24) is 24.6 Å². The molecule has 6 atom stereocenters. The van der Waals surface area contributed by atoms with E-state index in [1.165, 1.54) is 37.3 Å². The zero-order chi connectivity index (χ0) is 38.4. The van der Waals surface area contributed by atoms with E-state index >= 15 is 4.39 Å². The van der Waals surface area contributed by atoms with E-state index in [0.29, 0.717) is 11.1 Å². The fourth-order valence-corrected chi connectivity index (χ4v) is 7.06. The van der Waals surface area contributed by atoms with Gasteiger partial charge in [-0.2, -0.15) is 4.98 Å². The van der Waals surface area contributed by atoms with Crippen molar-refractivity contribution in [1.29, 1.82) is 0 Å². The number of nitrogens with one attached hydrogen (secondary N) is 1. The van der Waals surface area contributed by atoms with Gasteiger partial charge < -0.3 is 38.5 Å². The molecule has 0 amide bonds. The van der Waals surface area contributed by atoms with Gasteiger partial charge in [0.05, 0.1) is 48.8 Å². The largest absolute Gasteiger partial charge is 0.480 e. The number of nitrogen functional groups attached to an aromatic ring is 1. The molecule has 3 aromatic rings. The molecular weight excluding hydrogens is 702 g/mol. The number of nitrogens with zero attached hydrogens (tertiary/aromatic N) is 4. The number of hydrogen-bond donors (Lipinski definition) is 2. The second kappa shape index (κ2) is 16.9. The first-order valence-corrected chi connectivity index (χ1v) is 18.5. The molecule has 284 valence electrons. The van der Waals surface area contributed by atoms with Crippen molar-refractivity contribution in [3.05, 3.63) is 54.6 Å². The van der Waals surface area contributed by atoms with Crippen LogP contribution in [0.3, 0.4) is 0 Å². The topological polar surface area (TPSA) is 205 Å². The van der Waals surface area contributed by atoms with Crippen molar-refractivity contribution in [3.8, 4) is 17.1 Å². The maximum absolute atomic E-state index is 17.5. The van der Waals surface area contributed by atoms with Crippen LogP contribution in [0.2, 0.25) is 0 Å². The third-order valence-electron chi connectivity index (χ3n) is 7.70. The number of halogens is 1. The number of aromatic nitrogens is 4. The van der Waals surface area contributed by atoms with Crippen molar-refractivity contribution < 1.29 is 51.5 Å². The van der Waals surface area contributed by atoms with Crippen molar-refractivity contribution in [3.63, 3.8) is 0 Å². The molecule has 1 fully saturated rings.